The average Bonchev–Trinajstić information content (AvgIpc) is 2.35. The SMILES string of the molecule is CCCNC(=O)Nc1ccccc1CNCC. The molecule has 0 bridgehead atoms. The highest BCUT2D eigenvalue weighted by atomic mass is 16.2. The smallest absolute Gasteiger partial charge is 0.319 e. The van der Waals surface area contributed by atoms with Crippen LogP contribution in [-0.2, 0) is 6.54 Å². The number of rotatable bonds is 6. The zero-order valence-electron chi connectivity index (χ0n) is 10.5. The molecule has 0 atom stereocenters. The van der Waals surface area contributed by atoms with E-state index in [0.29, 0.717) is 6.54 Å². The fraction of sp³-hybridized carbons (Fsp3) is 0.462. The molecule has 0 aromatic heterocycles. The highest BCUT2D eigenvalue weighted by Gasteiger charge is 2.04. The molecule has 0 aliphatic heterocycles. The highest BCUT2D eigenvalue weighted by Crippen LogP contribution is 2.14. The van der Waals surface area contributed by atoms with Gasteiger partial charge in [-0.1, -0.05) is 32.0 Å². The molecule has 17 heavy (non-hydrogen) atoms. The van der Waals surface area contributed by atoms with Gasteiger partial charge < -0.3 is 16.0 Å². The second kappa shape index (κ2) is 7.68. The second-order valence-corrected chi connectivity index (χ2v) is 3.82. The van der Waals surface area contributed by atoms with Crippen LogP contribution in [0.5, 0.6) is 0 Å². The molecule has 4 heteroatoms. The summed E-state index contributed by atoms with van der Waals surface area (Å²) in [6.07, 6.45) is 0.937. The Bertz CT molecular complexity index is 352. The summed E-state index contributed by atoms with van der Waals surface area (Å²) < 4.78 is 0. The molecule has 3 N–H and O–H groups in total. The van der Waals surface area contributed by atoms with Gasteiger partial charge in [-0.3, -0.25) is 0 Å². The zero-order valence-corrected chi connectivity index (χ0v) is 10.5. The quantitative estimate of drug-likeness (QED) is 0.709. The minimum absolute atomic E-state index is 0.143. The molecule has 0 spiro atoms. The van der Waals surface area contributed by atoms with Crippen LogP contribution in [0.4, 0.5) is 10.5 Å². The number of hydrogen-bond acceptors (Lipinski definition) is 2. The van der Waals surface area contributed by atoms with Gasteiger partial charge >= 0.3 is 6.03 Å². The Kier molecular flexibility index (Phi) is 6.10. The third kappa shape index (κ3) is 4.87. The second-order valence-electron chi connectivity index (χ2n) is 3.82. The number of hydrogen-bond donors (Lipinski definition) is 3. The van der Waals surface area contributed by atoms with Crippen molar-refractivity contribution >= 4 is 11.7 Å². The topological polar surface area (TPSA) is 53.2 Å². The number of anilines is 1. The van der Waals surface area contributed by atoms with E-state index in [9.17, 15) is 4.79 Å². The molecule has 0 heterocycles. The Morgan fingerprint density at radius 2 is 2.00 bits per heavy atom. The van der Waals surface area contributed by atoms with Gasteiger partial charge in [0.05, 0.1) is 0 Å². The first-order valence-electron chi connectivity index (χ1n) is 6.11. The van der Waals surface area contributed by atoms with Crippen molar-refractivity contribution in [3.8, 4) is 0 Å². The van der Waals surface area contributed by atoms with E-state index in [1.54, 1.807) is 0 Å². The Hall–Kier alpha value is -1.55. The van der Waals surface area contributed by atoms with E-state index in [0.717, 1.165) is 30.8 Å². The Balaban J connectivity index is 2.59. The summed E-state index contributed by atoms with van der Waals surface area (Å²) in [5.41, 5.74) is 1.96. The summed E-state index contributed by atoms with van der Waals surface area (Å²) in [4.78, 5) is 11.6. The van der Waals surface area contributed by atoms with Gasteiger partial charge in [0.1, 0.15) is 0 Å². The molecule has 0 unspecified atom stereocenters. The molecular formula is C13H21N3O. The van der Waals surface area contributed by atoms with Gasteiger partial charge in [0.15, 0.2) is 0 Å². The first kappa shape index (κ1) is 13.5. The van der Waals surface area contributed by atoms with Crippen molar-refractivity contribution < 1.29 is 4.79 Å². The monoisotopic (exact) mass is 235 g/mol. The number of para-hydroxylation sites is 1. The predicted octanol–water partition coefficient (Wildman–Crippen LogP) is 2.33. The summed E-state index contributed by atoms with van der Waals surface area (Å²) in [7, 11) is 0. The third-order valence-electron chi connectivity index (χ3n) is 2.37. The maximum absolute atomic E-state index is 11.6. The normalized spacial score (nSPS) is 10.0. The third-order valence-corrected chi connectivity index (χ3v) is 2.37. The highest BCUT2D eigenvalue weighted by molar-refractivity contribution is 5.90. The van der Waals surface area contributed by atoms with Crippen LogP contribution in [0.3, 0.4) is 0 Å². The maximum Gasteiger partial charge on any atom is 0.319 e. The molecule has 0 aliphatic carbocycles. The van der Waals surface area contributed by atoms with Crippen molar-refractivity contribution in [1.29, 1.82) is 0 Å². The molecule has 0 fully saturated rings. The van der Waals surface area contributed by atoms with Crippen LogP contribution in [-0.4, -0.2) is 19.1 Å². The Morgan fingerprint density at radius 1 is 1.24 bits per heavy atom. The van der Waals surface area contributed by atoms with Crippen molar-refractivity contribution in [3.05, 3.63) is 29.8 Å². The number of urea groups is 1. The number of nitrogens with one attached hydrogen (secondary N) is 3. The molecular weight excluding hydrogens is 214 g/mol. The lowest BCUT2D eigenvalue weighted by molar-refractivity contribution is 0.252. The molecule has 94 valence electrons. The van der Waals surface area contributed by atoms with E-state index in [1.807, 2.05) is 31.2 Å². The van der Waals surface area contributed by atoms with Crippen molar-refractivity contribution in [2.75, 3.05) is 18.4 Å². The average molecular weight is 235 g/mol. The Labute approximate surface area is 103 Å². The van der Waals surface area contributed by atoms with Gasteiger partial charge in [0.2, 0.25) is 0 Å². The lowest BCUT2D eigenvalue weighted by atomic mass is 10.2. The fourth-order valence-electron chi connectivity index (χ4n) is 1.46. The largest absolute Gasteiger partial charge is 0.338 e. The van der Waals surface area contributed by atoms with Gasteiger partial charge in [-0.25, -0.2) is 4.79 Å². The van der Waals surface area contributed by atoms with Crippen molar-refractivity contribution in [3.63, 3.8) is 0 Å². The van der Waals surface area contributed by atoms with E-state index in [-0.39, 0.29) is 6.03 Å². The summed E-state index contributed by atoms with van der Waals surface area (Å²) in [5.74, 6) is 0. The summed E-state index contributed by atoms with van der Waals surface area (Å²) in [5, 5.41) is 8.91. The molecule has 0 aliphatic rings. The molecule has 1 aromatic rings. The van der Waals surface area contributed by atoms with Gasteiger partial charge in [-0.15, -0.1) is 0 Å². The summed E-state index contributed by atoms with van der Waals surface area (Å²) >= 11 is 0. The Morgan fingerprint density at radius 3 is 2.71 bits per heavy atom. The lowest BCUT2D eigenvalue weighted by Gasteiger charge is -2.11. The molecule has 1 aromatic carbocycles. The minimum atomic E-state index is -0.143. The van der Waals surface area contributed by atoms with Crippen LogP contribution < -0.4 is 16.0 Å². The van der Waals surface area contributed by atoms with Crippen LogP contribution in [0.2, 0.25) is 0 Å². The van der Waals surface area contributed by atoms with Crippen LogP contribution in [0, 0.1) is 0 Å². The molecule has 0 radical (unpaired) electrons. The maximum atomic E-state index is 11.6. The molecule has 1 rings (SSSR count). The summed E-state index contributed by atoms with van der Waals surface area (Å²) in [6.45, 7) is 6.46. The van der Waals surface area contributed by atoms with E-state index in [2.05, 4.69) is 22.9 Å². The molecule has 0 saturated heterocycles. The van der Waals surface area contributed by atoms with Crippen LogP contribution >= 0.6 is 0 Å². The fourth-order valence-corrected chi connectivity index (χ4v) is 1.46. The first-order valence-corrected chi connectivity index (χ1v) is 6.11. The predicted molar refractivity (Wildman–Crippen MR) is 71.1 cm³/mol. The molecule has 0 saturated carbocycles. The van der Waals surface area contributed by atoms with Crippen molar-refractivity contribution in [1.82, 2.24) is 10.6 Å². The molecule has 2 amide bonds. The van der Waals surface area contributed by atoms with E-state index in [4.69, 9.17) is 0 Å². The van der Waals surface area contributed by atoms with Crippen molar-refractivity contribution in [2.45, 2.75) is 26.8 Å². The van der Waals surface area contributed by atoms with Crippen LogP contribution in [0.1, 0.15) is 25.8 Å². The van der Waals surface area contributed by atoms with E-state index < -0.39 is 0 Å². The summed E-state index contributed by atoms with van der Waals surface area (Å²) in [6, 6.07) is 7.68. The van der Waals surface area contributed by atoms with E-state index >= 15 is 0 Å². The van der Waals surface area contributed by atoms with Gasteiger partial charge in [0.25, 0.3) is 0 Å². The number of benzene rings is 1. The van der Waals surface area contributed by atoms with Crippen LogP contribution in [0.15, 0.2) is 24.3 Å². The molecule has 4 nitrogen and oxygen atoms in total. The number of amides is 2. The van der Waals surface area contributed by atoms with Crippen LogP contribution in [0.25, 0.3) is 0 Å². The van der Waals surface area contributed by atoms with Crippen molar-refractivity contribution in [2.24, 2.45) is 0 Å². The number of carbonyl (C=O) groups is 1. The standard InChI is InChI=1S/C13H21N3O/c1-3-9-15-13(17)16-12-8-6-5-7-11(12)10-14-4-2/h5-8,14H,3-4,9-10H2,1-2H3,(H2,15,16,17). The lowest BCUT2D eigenvalue weighted by Crippen LogP contribution is -2.29. The van der Waals surface area contributed by atoms with Gasteiger partial charge in [-0.05, 0) is 24.6 Å². The minimum Gasteiger partial charge on any atom is -0.338 e. The van der Waals surface area contributed by atoms with Gasteiger partial charge in [0, 0.05) is 18.8 Å². The van der Waals surface area contributed by atoms with Gasteiger partial charge in [-0.2, -0.15) is 0 Å². The van der Waals surface area contributed by atoms with E-state index in [1.165, 1.54) is 0 Å². The zero-order chi connectivity index (χ0) is 12.5. The first-order chi connectivity index (χ1) is 8.27. The number of carbonyl (C=O) groups excluding carboxylic acids is 1.